The van der Waals surface area contributed by atoms with Gasteiger partial charge in [0.2, 0.25) is 5.91 Å². The molecule has 0 aliphatic carbocycles. The molecule has 30 heavy (non-hydrogen) atoms. The molecule has 0 atom stereocenters. The topological polar surface area (TPSA) is 73.5 Å². The Morgan fingerprint density at radius 1 is 0.767 bits per heavy atom. The monoisotopic (exact) mass is 408 g/mol. The Labute approximate surface area is 179 Å². The highest BCUT2D eigenvalue weighted by atomic mass is 16.2. The largest absolute Gasteiger partial charge is 0.352 e. The zero-order valence-corrected chi connectivity index (χ0v) is 17.5. The minimum Gasteiger partial charge on any atom is -0.352 e. The molecule has 1 saturated heterocycles. The number of nitrogens with zero attached hydrogens (tertiary/aromatic N) is 1. The summed E-state index contributed by atoms with van der Waals surface area (Å²) in [6, 6.07) is 17.8. The van der Waals surface area contributed by atoms with Crippen molar-refractivity contribution in [2.75, 3.05) is 19.6 Å². The quantitative estimate of drug-likeness (QED) is 0.597. The van der Waals surface area contributed by atoms with Crippen molar-refractivity contribution in [3.8, 4) is 0 Å². The van der Waals surface area contributed by atoms with Crippen LogP contribution in [0.15, 0.2) is 54.6 Å². The van der Waals surface area contributed by atoms with Crippen LogP contribution in [0, 0.1) is 0 Å². The predicted octanol–water partition coefficient (Wildman–Crippen LogP) is 3.18. The Hall–Kier alpha value is -2.86. The van der Waals surface area contributed by atoms with Crippen molar-refractivity contribution in [3.63, 3.8) is 0 Å². The summed E-state index contributed by atoms with van der Waals surface area (Å²) in [5.41, 5.74) is 3.47. The Morgan fingerprint density at radius 2 is 1.47 bits per heavy atom. The zero-order valence-electron chi connectivity index (χ0n) is 17.5. The molecular formula is C24H32N4O2. The van der Waals surface area contributed by atoms with Gasteiger partial charge < -0.3 is 16.0 Å². The van der Waals surface area contributed by atoms with E-state index in [1.165, 1.54) is 24.8 Å². The zero-order chi connectivity index (χ0) is 21.0. The van der Waals surface area contributed by atoms with Gasteiger partial charge in [-0.1, -0.05) is 61.0 Å². The normalized spacial score (nSPS) is 14.1. The van der Waals surface area contributed by atoms with Gasteiger partial charge >= 0.3 is 6.03 Å². The first kappa shape index (κ1) is 21.8. The third-order valence-corrected chi connectivity index (χ3v) is 5.37. The molecule has 1 aliphatic rings. The average Bonchev–Trinajstić information content (AvgIpc) is 2.78. The van der Waals surface area contributed by atoms with Gasteiger partial charge in [0.1, 0.15) is 0 Å². The molecule has 3 amide bonds. The van der Waals surface area contributed by atoms with E-state index in [0.29, 0.717) is 19.6 Å². The minimum atomic E-state index is -0.265. The third-order valence-electron chi connectivity index (χ3n) is 5.37. The lowest BCUT2D eigenvalue weighted by Crippen LogP contribution is -2.37. The van der Waals surface area contributed by atoms with Crippen LogP contribution in [0.4, 0.5) is 4.79 Å². The third kappa shape index (κ3) is 7.52. The van der Waals surface area contributed by atoms with Gasteiger partial charge in [0.25, 0.3) is 0 Å². The molecule has 160 valence electrons. The molecule has 6 nitrogen and oxygen atoms in total. The fourth-order valence-corrected chi connectivity index (χ4v) is 3.66. The number of rotatable bonds is 9. The highest BCUT2D eigenvalue weighted by Gasteiger charge is 2.13. The number of hydrogen-bond acceptors (Lipinski definition) is 3. The van der Waals surface area contributed by atoms with Crippen molar-refractivity contribution >= 4 is 11.9 Å². The maximum Gasteiger partial charge on any atom is 0.315 e. The van der Waals surface area contributed by atoms with Crippen LogP contribution in [0.2, 0.25) is 0 Å². The van der Waals surface area contributed by atoms with Crippen LogP contribution in [0.1, 0.15) is 42.4 Å². The van der Waals surface area contributed by atoms with E-state index < -0.39 is 0 Å². The van der Waals surface area contributed by atoms with Gasteiger partial charge in [-0.3, -0.25) is 9.69 Å². The number of benzene rings is 2. The molecule has 0 saturated carbocycles. The first-order valence-electron chi connectivity index (χ1n) is 10.8. The minimum absolute atomic E-state index is 0.0638. The molecule has 0 bridgehead atoms. The molecule has 1 heterocycles. The van der Waals surface area contributed by atoms with Gasteiger partial charge in [-0.25, -0.2) is 4.79 Å². The summed E-state index contributed by atoms with van der Waals surface area (Å²) in [6.45, 7) is 4.53. The lowest BCUT2D eigenvalue weighted by Gasteiger charge is -2.27. The van der Waals surface area contributed by atoms with E-state index in [4.69, 9.17) is 0 Å². The molecule has 0 spiro atoms. The number of carbonyl (C=O) groups excluding carboxylic acids is 2. The van der Waals surface area contributed by atoms with E-state index in [1.807, 2.05) is 36.4 Å². The van der Waals surface area contributed by atoms with Crippen LogP contribution in [-0.4, -0.2) is 36.5 Å². The van der Waals surface area contributed by atoms with Gasteiger partial charge in [-0.05, 0) is 42.6 Å². The van der Waals surface area contributed by atoms with Gasteiger partial charge in [-0.2, -0.15) is 0 Å². The van der Waals surface area contributed by atoms with E-state index in [0.717, 1.165) is 30.8 Å². The number of hydrogen-bond donors (Lipinski definition) is 3. The van der Waals surface area contributed by atoms with Crippen LogP contribution in [0.5, 0.6) is 0 Å². The van der Waals surface area contributed by atoms with Crippen LogP contribution in [0.25, 0.3) is 0 Å². The van der Waals surface area contributed by atoms with Gasteiger partial charge in [0.05, 0.1) is 0 Å². The number of piperidine rings is 1. The van der Waals surface area contributed by atoms with Gasteiger partial charge in [0, 0.05) is 32.6 Å². The van der Waals surface area contributed by atoms with Crippen molar-refractivity contribution < 1.29 is 9.59 Å². The summed E-state index contributed by atoms with van der Waals surface area (Å²) in [4.78, 5) is 26.5. The van der Waals surface area contributed by atoms with Crippen molar-refractivity contribution in [2.45, 2.75) is 45.3 Å². The van der Waals surface area contributed by atoms with Gasteiger partial charge in [0.15, 0.2) is 0 Å². The fourth-order valence-electron chi connectivity index (χ4n) is 3.66. The summed E-state index contributed by atoms with van der Waals surface area (Å²) in [6.07, 6.45) is 4.12. The molecule has 1 aliphatic heterocycles. The van der Waals surface area contributed by atoms with Crippen molar-refractivity contribution in [2.24, 2.45) is 0 Å². The number of amides is 3. The van der Waals surface area contributed by atoms with Crippen molar-refractivity contribution in [1.82, 2.24) is 20.9 Å². The number of likely N-dealkylation sites (tertiary alicyclic amines) is 1. The highest BCUT2D eigenvalue weighted by molar-refractivity contribution is 5.78. The Kier molecular flexibility index (Phi) is 8.72. The standard InChI is InChI=1S/C24H32N4O2/c29-23(13-14-25-24(30)27-17-20-9-3-1-4-10-20)26-18-21-11-5-6-12-22(21)19-28-15-7-2-8-16-28/h1,3-6,9-12H,2,7-8,13-19H2,(H,26,29)(H2,25,27,30). The number of nitrogens with one attached hydrogen (secondary N) is 3. The summed E-state index contributed by atoms with van der Waals surface area (Å²) in [5.74, 6) is -0.0638. The summed E-state index contributed by atoms with van der Waals surface area (Å²) in [7, 11) is 0. The second-order valence-electron chi connectivity index (χ2n) is 7.73. The summed E-state index contributed by atoms with van der Waals surface area (Å²) in [5, 5.41) is 8.50. The van der Waals surface area contributed by atoms with E-state index >= 15 is 0 Å². The highest BCUT2D eigenvalue weighted by Crippen LogP contribution is 2.16. The molecule has 0 radical (unpaired) electrons. The SMILES string of the molecule is O=C(CCNC(=O)NCc1ccccc1)NCc1ccccc1CN1CCCCC1. The summed E-state index contributed by atoms with van der Waals surface area (Å²) >= 11 is 0. The second-order valence-corrected chi connectivity index (χ2v) is 7.73. The smallest absolute Gasteiger partial charge is 0.315 e. The molecule has 3 rings (SSSR count). The maximum absolute atomic E-state index is 12.2. The summed E-state index contributed by atoms with van der Waals surface area (Å²) < 4.78 is 0. The maximum atomic E-state index is 12.2. The first-order valence-corrected chi connectivity index (χ1v) is 10.8. The van der Waals surface area contributed by atoms with Crippen molar-refractivity contribution in [3.05, 3.63) is 71.3 Å². The van der Waals surface area contributed by atoms with Crippen LogP contribution in [-0.2, 0) is 24.4 Å². The molecule has 6 heteroatoms. The lowest BCUT2D eigenvalue weighted by molar-refractivity contribution is -0.121. The van der Waals surface area contributed by atoms with Crippen LogP contribution in [0.3, 0.4) is 0 Å². The van der Waals surface area contributed by atoms with Crippen molar-refractivity contribution in [1.29, 1.82) is 0 Å². The first-order chi connectivity index (χ1) is 14.7. The lowest BCUT2D eigenvalue weighted by atomic mass is 10.0. The van der Waals surface area contributed by atoms with E-state index in [1.54, 1.807) is 0 Å². The molecular weight excluding hydrogens is 376 g/mol. The number of carbonyl (C=O) groups is 2. The van der Waals surface area contributed by atoms with Gasteiger partial charge in [-0.15, -0.1) is 0 Å². The molecule has 0 unspecified atom stereocenters. The molecule has 2 aromatic rings. The van der Waals surface area contributed by atoms with Crippen LogP contribution >= 0.6 is 0 Å². The second kappa shape index (κ2) is 12.0. The molecule has 0 aromatic heterocycles. The molecule has 2 aromatic carbocycles. The Bertz CT molecular complexity index is 804. The van der Waals surface area contributed by atoms with E-state index in [9.17, 15) is 9.59 Å². The predicted molar refractivity (Wildman–Crippen MR) is 119 cm³/mol. The Morgan fingerprint density at radius 3 is 2.23 bits per heavy atom. The van der Waals surface area contributed by atoms with E-state index in [-0.39, 0.29) is 18.4 Å². The Balaban J connectivity index is 1.35. The fraction of sp³-hybridized carbons (Fsp3) is 0.417. The van der Waals surface area contributed by atoms with Crippen LogP contribution < -0.4 is 16.0 Å². The van der Waals surface area contributed by atoms with E-state index in [2.05, 4.69) is 39.0 Å². The molecule has 3 N–H and O–H groups in total. The molecule has 1 fully saturated rings. The average molecular weight is 409 g/mol. The number of urea groups is 1.